The van der Waals surface area contributed by atoms with Gasteiger partial charge in [0, 0.05) is 45.3 Å². The van der Waals surface area contributed by atoms with Gasteiger partial charge < -0.3 is 14.7 Å². The van der Waals surface area contributed by atoms with Gasteiger partial charge in [0.25, 0.3) is 0 Å². The molecule has 11 heteroatoms. The van der Waals surface area contributed by atoms with Crippen molar-refractivity contribution in [2.45, 2.75) is 18.9 Å². The molecule has 0 saturated carbocycles. The van der Waals surface area contributed by atoms with Crippen molar-refractivity contribution in [1.29, 1.82) is 0 Å². The van der Waals surface area contributed by atoms with Crippen LogP contribution in [0.2, 0.25) is 0 Å². The molecule has 1 unspecified atom stereocenters. The molecule has 178 valence electrons. The van der Waals surface area contributed by atoms with Crippen molar-refractivity contribution in [2.75, 3.05) is 44.3 Å². The second-order valence-corrected chi connectivity index (χ2v) is 8.54. The number of cyclic esters (lactones) is 1. The predicted molar refractivity (Wildman–Crippen MR) is 124 cm³/mol. The van der Waals surface area contributed by atoms with Crippen LogP contribution in [0.5, 0.6) is 0 Å². The maximum Gasteiger partial charge on any atom is 0.338 e. The highest BCUT2D eigenvalue weighted by molar-refractivity contribution is 5.92. The molecule has 0 spiro atoms. The lowest BCUT2D eigenvalue weighted by Gasteiger charge is -2.35. The molecule has 4 heterocycles. The Morgan fingerprint density at radius 1 is 1.18 bits per heavy atom. The summed E-state index contributed by atoms with van der Waals surface area (Å²) >= 11 is 0. The Hall–Kier alpha value is -3.54. The standard InChI is InChI=1S/C23H27N7O4/c31-20(18-2-3-19-17(12-18)5-10-34-23(19)33)14-28-6-8-29(9-7-28)22(32)11-16-1-4-21(24-13-16)30-15-25-26-27-30/h1-4,12-13,15,20,26-27,31H,5-11,14H2. The van der Waals surface area contributed by atoms with Gasteiger partial charge in [0.1, 0.15) is 12.2 Å². The van der Waals surface area contributed by atoms with Crippen molar-refractivity contribution in [2.24, 2.45) is 5.10 Å². The first kappa shape index (κ1) is 22.3. The van der Waals surface area contributed by atoms with E-state index < -0.39 is 6.10 Å². The van der Waals surface area contributed by atoms with Crippen molar-refractivity contribution < 1.29 is 19.4 Å². The third-order valence-electron chi connectivity index (χ3n) is 6.31. The van der Waals surface area contributed by atoms with E-state index in [1.807, 2.05) is 23.1 Å². The third kappa shape index (κ3) is 4.86. The molecule has 1 amide bonds. The van der Waals surface area contributed by atoms with E-state index in [0.29, 0.717) is 63.6 Å². The summed E-state index contributed by atoms with van der Waals surface area (Å²) in [6, 6.07) is 9.15. The summed E-state index contributed by atoms with van der Waals surface area (Å²) in [5.74, 6) is 0.444. The van der Waals surface area contributed by atoms with Crippen molar-refractivity contribution in [3.63, 3.8) is 0 Å². The van der Waals surface area contributed by atoms with Gasteiger partial charge in [-0.25, -0.2) is 20.3 Å². The van der Waals surface area contributed by atoms with Crippen LogP contribution in [0, 0.1) is 0 Å². The Balaban J connectivity index is 1.10. The Labute approximate surface area is 196 Å². The Morgan fingerprint density at radius 3 is 2.76 bits per heavy atom. The molecule has 34 heavy (non-hydrogen) atoms. The van der Waals surface area contributed by atoms with Crippen molar-refractivity contribution in [3.05, 3.63) is 58.8 Å². The van der Waals surface area contributed by atoms with Gasteiger partial charge in [-0.3, -0.25) is 9.69 Å². The fourth-order valence-electron chi connectivity index (χ4n) is 4.35. The number of carbonyl (C=O) groups is 2. The second kappa shape index (κ2) is 9.75. The fraction of sp³-hybridized carbons (Fsp3) is 0.391. The van der Waals surface area contributed by atoms with Gasteiger partial charge in [-0.05, 0) is 28.8 Å². The van der Waals surface area contributed by atoms with E-state index in [4.69, 9.17) is 4.74 Å². The minimum Gasteiger partial charge on any atom is -0.462 e. The van der Waals surface area contributed by atoms with Crippen LogP contribution in [0.3, 0.4) is 0 Å². The van der Waals surface area contributed by atoms with Crippen molar-refractivity contribution >= 4 is 24.0 Å². The molecule has 1 aromatic carbocycles. The summed E-state index contributed by atoms with van der Waals surface area (Å²) in [7, 11) is 0. The number of hydrogen-bond donors (Lipinski definition) is 3. The number of carbonyl (C=O) groups excluding carboxylic acids is 2. The summed E-state index contributed by atoms with van der Waals surface area (Å²) in [5.41, 5.74) is 8.58. The van der Waals surface area contributed by atoms with Gasteiger partial charge in [-0.2, -0.15) is 5.10 Å². The molecule has 0 aliphatic carbocycles. The Kier molecular flexibility index (Phi) is 6.39. The molecule has 5 rings (SSSR count). The maximum atomic E-state index is 12.8. The number of hydrogen-bond acceptors (Lipinski definition) is 10. The largest absolute Gasteiger partial charge is 0.462 e. The lowest BCUT2D eigenvalue weighted by molar-refractivity contribution is -0.132. The normalized spacial score (nSPS) is 18.9. The lowest BCUT2D eigenvalue weighted by Crippen LogP contribution is -2.50. The number of amides is 1. The molecule has 3 aliphatic rings. The average Bonchev–Trinajstić information content (AvgIpc) is 3.40. The van der Waals surface area contributed by atoms with Gasteiger partial charge in [0.2, 0.25) is 5.91 Å². The average molecular weight is 466 g/mol. The molecule has 1 atom stereocenters. The number of fused-ring (bicyclic) bond motifs is 1. The number of β-amino-alcohol motifs (C(OH)–C–C–N with tert-alkyl or cyclic N) is 1. The first-order valence-electron chi connectivity index (χ1n) is 11.3. The van der Waals surface area contributed by atoms with E-state index in [0.717, 1.165) is 16.7 Å². The zero-order chi connectivity index (χ0) is 23.5. The fourth-order valence-corrected chi connectivity index (χ4v) is 4.35. The minimum absolute atomic E-state index is 0.0684. The molecule has 11 nitrogen and oxygen atoms in total. The number of piperazine rings is 1. The van der Waals surface area contributed by atoms with Crippen LogP contribution < -0.4 is 16.1 Å². The quantitative estimate of drug-likeness (QED) is 0.506. The number of rotatable bonds is 6. The molecular formula is C23H27N7O4. The monoisotopic (exact) mass is 465 g/mol. The summed E-state index contributed by atoms with van der Waals surface area (Å²) in [6.07, 6.45) is 3.59. The topological polar surface area (TPSA) is 123 Å². The number of pyridine rings is 1. The van der Waals surface area contributed by atoms with E-state index in [2.05, 4.69) is 26.1 Å². The smallest absolute Gasteiger partial charge is 0.338 e. The van der Waals surface area contributed by atoms with Gasteiger partial charge in [0.05, 0.1) is 24.7 Å². The van der Waals surface area contributed by atoms with E-state index in [-0.39, 0.29) is 11.9 Å². The Morgan fingerprint density at radius 2 is 2.03 bits per heavy atom. The highest BCUT2D eigenvalue weighted by Gasteiger charge is 2.25. The Bertz CT molecular complexity index is 1080. The molecule has 1 fully saturated rings. The van der Waals surface area contributed by atoms with Crippen LogP contribution in [-0.4, -0.2) is 77.4 Å². The van der Waals surface area contributed by atoms with Crippen LogP contribution in [0.4, 0.5) is 5.82 Å². The molecular weight excluding hydrogens is 438 g/mol. The summed E-state index contributed by atoms with van der Waals surface area (Å²) in [6.45, 7) is 3.50. The highest BCUT2D eigenvalue weighted by atomic mass is 16.5. The number of nitrogens with zero attached hydrogens (tertiary/aromatic N) is 5. The molecule has 1 saturated heterocycles. The van der Waals surface area contributed by atoms with Crippen LogP contribution in [0.25, 0.3) is 0 Å². The maximum absolute atomic E-state index is 12.8. The predicted octanol–water partition coefficient (Wildman–Crippen LogP) is -0.0127. The number of hydrazone groups is 1. The van der Waals surface area contributed by atoms with Gasteiger partial charge >= 0.3 is 5.97 Å². The number of aliphatic hydroxyl groups excluding tert-OH is 1. The first-order chi connectivity index (χ1) is 16.6. The summed E-state index contributed by atoms with van der Waals surface area (Å²) in [5, 5.41) is 16.2. The zero-order valence-corrected chi connectivity index (χ0v) is 18.7. The SMILES string of the molecule is O=C1OCCc2cc(C(O)CN3CCN(C(=O)Cc4ccc(N5C=NNN5)nc4)CC3)ccc21. The molecule has 0 bridgehead atoms. The van der Waals surface area contributed by atoms with Gasteiger partial charge in [-0.15, -0.1) is 5.53 Å². The van der Waals surface area contributed by atoms with E-state index in [1.54, 1.807) is 29.7 Å². The highest BCUT2D eigenvalue weighted by Crippen LogP contribution is 2.23. The van der Waals surface area contributed by atoms with E-state index >= 15 is 0 Å². The second-order valence-electron chi connectivity index (χ2n) is 8.54. The summed E-state index contributed by atoms with van der Waals surface area (Å²) < 4.78 is 5.06. The van der Waals surface area contributed by atoms with Crippen molar-refractivity contribution in [3.8, 4) is 0 Å². The number of esters is 1. The lowest BCUT2D eigenvalue weighted by atomic mass is 9.97. The number of hydrazine groups is 2. The first-order valence-corrected chi connectivity index (χ1v) is 11.3. The number of benzene rings is 1. The number of ether oxygens (including phenoxy) is 1. The third-order valence-corrected chi connectivity index (χ3v) is 6.31. The number of aromatic nitrogens is 1. The molecule has 2 aromatic rings. The van der Waals surface area contributed by atoms with Gasteiger partial charge in [-0.1, -0.05) is 18.2 Å². The van der Waals surface area contributed by atoms with Gasteiger partial charge in [0.15, 0.2) is 0 Å². The van der Waals surface area contributed by atoms with Crippen LogP contribution >= 0.6 is 0 Å². The molecule has 3 aliphatic heterocycles. The number of anilines is 1. The van der Waals surface area contributed by atoms with Crippen LogP contribution in [-0.2, 0) is 22.4 Å². The number of aliphatic hydroxyl groups is 1. The summed E-state index contributed by atoms with van der Waals surface area (Å²) in [4.78, 5) is 33.0. The van der Waals surface area contributed by atoms with Crippen LogP contribution in [0.1, 0.15) is 33.2 Å². The zero-order valence-electron chi connectivity index (χ0n) is 18.7. The van der Waals surface area contributed by atoms with Crippen molar-refractivity contribution in [1.82, 2.24) is 25.9 Å². The molecule has 3 N–H and O–H groups in total. The van der Waals surface area contributed by atoms with E-state index in [9.17, 15) is 14.7 Å². The number of nitrogens with one attached hydrogen (secondary N) is 2. The molecule has 0 radical (unpaired) electrons. The van der Waals surface area contributed by atoms with Crippen LogP contribution in [0.15, 0.2) is 41.6 Å². The van der Waals surface area contributed by atoms with E-state index in [1.165, 1.54) is 0 Å². The minimum atomic E-state index is -0.652. The molecule has 1 aromatic heterocycles.